The summed E-state index contributed by atoms with van der Waals surface area (Å²) in [5, 5.41) is 3.07. The quantitative estimate of drug-likeness (QED) is 0.546. The summed E-state index contributed by atoms with van der Waals surface area (Å²) in [6, 6.07) is 0. The second-order valence-corrected chi connectivity index (χ2v) is 5.03. The van der Waals surface area contributed by atoms with Gasteiger partial charge in [-0.05, 0) is 32.2 Å². The third-order valence-electron chi connectivity index (χ3n) is 1.69. The smallest absolute Gasteiger partial charge is 0.320 e. The van der Waals surface area contributed by atoms with Crippen LogP contribution >= 0.6 is 0 Å². The van der Waals surface area contributed by atoms with Crippen molar-refractivity contribution in [3.8, 4) is 0 Å². The summed E-state index contributed by atoms with van der Waals surface area (Å²) in [7, 11) is 0. The van der Waals surface area contributed by atoms with Crippen molar-refractivity contribution < 1.29 is 9.53 Å². The molecule has 0 saturated heterocycles. The third-order valence-corrected chi connectivity index (χ3v) is 1.69. The Morgan fingerprint density at radius 1 is 1.36 bits per heavy atom. The molecule has 3 heteroatoms. The Morgan fingerprint density at radius 3 is 2.36 bits per heavy atom. The van der Waals surface area contributed by atoms with Crippen LogP contribution in [0, 0.1) is 5.41 Å². The number of carbonyl (C=O) groups is 1. The molecular formula is C11H23NO2. The molecule has 0 aliphatic carbocycles. The van der Waals surface area contributed by atoms with Gasteiger partial charge in [-0.1, -0.05) is 20.8 Å². The highest BCUT2D eigenvalue weighted by Gasteiger charge is 2.10. The van der Waals surface area contributed by atoms with Gasteiger partial charge >= 0.3 is 5.97 Å². The molecule has 1 N–H and O–H groups in total. The number of esters is 1. The second-order valence-electron chi connectivity index (χ2n) is 5.03. The third kappa shape index (κ3) is 9.52. The van der Waals surface area contributed by atoms with Gasteiger partial charge in [-0.25, -0.2) is 0 Å². The molecular weight excluding hydrogens is 178 g/mol. The van der Waals surface area contributed by atoms with Gasteiger partial charge in [0, 0.05) is 0 Å². The highest BCUT2D eigenvalue weighted by molar-refractivity contribution is 5.71. The molecule has 0 aromatic heterocycles. The Labute approximate surface area is 87.2 Å². The standard InChI is InChI=1S/C11H23NO2/c1-9(2)14-10(13)8-12-7-6-11(3,4)5/h9,12H,6-8H2,1-5H3. The van der Waals surface area contributed by atoms with E-state index in [0.29, 0.717) is 12.0 Å². The molecule has 14 heavy (non-hydrogen) atoms. The van der Waals surface area contributed by atoms with E-state index >= 15 is 0 Å². The lowest BCUT2D eigenvalue weighted by Gasteiger charge is -2.18. The van der Waals surface area contributed by atoms with Crippen molar-refractivity contribution in [1.29, 1.82) is 0 Å². The Bertz CT molecular complexity index is 171. The van der Waals surface area contributed by atoms with Crippen LogP contribution in [0.2, 0.25) is 0 Å². The van der Waals surface area contributed by atoms with E-state index in [9.17, 15) is 4.79 Å². The van der Waals surface area contributed by atoms with Gasteiger partial charge in [-0.15, -0.1) is 0 Å². The molecule has 0 aromatic rings. The minimum atomic E-state index is -0.172. The van der Waals surface area contributed by atoms with Gasteiger partial charge < -0.3 is 10.1 Å². The average Bonchev–Trinajstić information content (AvgIpc) is 1.95. The highest BCUT2D eigenvalue weighted by atomic mass is 16.5. The van der Waals surface area contributed by atoms with Crippen LogP contribution in [0.4, 0.5) is 0 Å². The van der Waals surface area contributed by atoms with Crippen LogP contribution in [-0.4, -0.2) is 25.2 Å². The molecule has 0 aromatic carbocycles. The van der Waals surface area contributed by atoms with Crippen molar-refractivity contribution >= 4 is 5.97 Å². The molecule has 0 saturated carbocycles. The van der Waals surface area contributed by atoms with Gasteiger partial charge in [0.1, 0.15) is 0 Å². The second kappa shape index (κ2) is 6.02. The SMILES string of the molecule is CC(C)OC(=O)CNCCC(C)(C)C. The molecule has 3 nitrogen and oxygen atoms in total. The van der Waals surface area contributed by atoms with Crippen LogP contribution in [-0.2, 0) is 9.53 Å². The minimum absolute atomic E-state index is 0.0214. The van der Waals surface area contributed by atoms with Crippen LogP contribution in [0.5, 0.6) is 0 Å². The fourth-order valence-corrected chi connectivity index (χ4v) is 0.958. The van der Waals surface area contributed by atoms with Crippen molar-refractivity contribution in [2.24, 2.45) is 5.41 Å². The number of hydrogen-bond acceptors (Lipinski definition) is 3. The first-order chi connectivity index (χ1) is 6.31. The summed E-state index contributed by atoms with van der Waals surface area (Å²) < 4.78 is 4.98. The van der Waals surface area contributed by atoms with E-state index in [0.717, 1.165) is 13.0 Å². The first-order valence-corrected chi connectivity index (χ1v) is 5.21. The molecule has 0 radical (unpaired) electrons. The molecule has 0 aliphatic heterocycles. The zero-order valence-corrected chi connectivity index (χ0v) is 10.0. The van der Waals surface area contributed by atoms with Gasteiger partial charge in [-0.3, -0.25) is 4.79 Å². The number of rotatable bonds is 5. The molecule has 0 spiro atoms. The lowest BCUT2D eigenvalue weighted by molar-refractivity contribution is -0.146. The summed E-state index contributed by atoms with van der Waals surface area (Å²) in [4.78, 5) is 11.1. The molecule has 0 unspecified atom stereocenters. The maximum absolute atomic E-state index is 11.1. The monoisotopic (exact) mass is 201 g/mol. The maximum Gasteiger partial charge on any atom is 0.320 e. The normalized spacial score (nSPS) is 11.9. The summed E-state index contributed by atoms with van der Waals surface area (Å²) >= 11 is 0. The van der Waals surface area contributed by atoms with E-state index < -0.39 is 0 Å². The first-order valence-electron chi connectivity index (χ1n) is 5.21. The van der Waals surface area contributed by atoms with Crippen molar-refractivity contribution in [3.05, 3.63) is 0 Å². The van der Waals surface area contributed by atoms with Crippen molar-refractivity contribution in [2.45, 2.75) is 47.1 Å². The van der Waals surface area contributed by atoms with Crippen molar-refractivity contribution in [3.63, 3.8) is 0 Å². The van der Waals surface area contributed by atoms with Crippen molar-refractivity contribution in [2.75, 3.05) is 13.1 Å². The van der Waals surface area contributed by atoms with Gasteiger partial charge in [-0.2, -0.15) is 0 Å². The minimum Gasteiger partial charge on any atom is -0.462 e. The van der Waals surface area contributed by atoms with E-state index in [1.807, 2.05) is 13.8 Å². The first kappa shape index (κ1) is 13.4. The fraction of sp³-hybridized carbons (Fsp3) is 0.909. The average molecular weight is 201 g/mol. The number of ether oxygens (including phenoxy) is 1. The molecule has 0 amide bonds. The van der Waals surface area contributed by atoms with Crippen LogP contribution in [0.3, 0.4) is 0 Å². The van der Waals surface area contributed by atoms with Gasteiger partial charge in [0.05, 0.1) is 12.6 Å². The van der Waals surface area contributed by atoms with Crippen molar-refractivity contribution in [1.82, 2.24) is 5.32 Å². The Morgan fingerprint density at radius 2 is 1.93 bits per heavy atom. The van der Waals surface area contributed by atoms with Crippen LogP contribution in [0.15, 0.2) is 0 Å². The fourth-order valence-electron chi connectivity index (χ4n) is 0.958. The summed E-state index contributed by atoms with van der Waals surface area (Å²) in [5.41, 5.74) is 0.314. The largest absolute Gasteiger partial charge is 0.462 e. The molecule has 0 bridgehead atoms. The predicted octanol–water partition coefficient (Wildman–Crippen LogP) is 1.96. The molecule has 0 rings (SSSR count). The van der Waals surface area contributed by atoms with E-state index in [4.69, 9.17) is 4.74 Å². The van der Waals surface area contributed by atoms with Gasteiger partial charge in [0.15, 0.2) is 0 Å². The summed E-state index contributed by atoms with van der Waals surface area (Å²) in [6.07, 6.45) is 1.04. The molecule has 0 atom stereocenters. The lowest BCUT2D eigenvalue weighted by atomic mass is 9.92. The molecule has 0 aliphatic rings. The molecule has 84 valence electrons. The zero-order valence-electron chi connectivity index (χ0n) is 10.0. The van der Waals surface area contributed by atoms with Gasteiger partial charge in [0.25, 0.3) is 0 Å². The highest BCUT2D eigenvalue weighted by Crippen LogP contribution is 2.16. The topological polar surface area (TPSA) is 38.3 Å². The van der Waals surface area contributed by atoms with Gasteiger partial charge in [0.2, 0.25) is 0 Å². The summed E-state index contributed by atoms with van der Waals surface area (Å²) in [5.74, 6) is -0.172. The predicted molar refractivity (Wildman–Crippen MR) is 58.2 cm³/mol. The summed E-state index contributed by atoms with van der Waals surface area (Å²) in [6.45, 7) is 11.4. The Balaban J connectivity index is 3.41. The van der Waals surface area contributed by atoms with E-state index in [-0.39, 0.29) is 12.1 Å². The van der Waals surface area contributed by atoms with Crippen LogP contribution < -0.4 is 5.32 Å². The Kier molecular flexibility index (Phi) is 5.77. The number of nitrogens with one attached hydrogen (secondary N) is 1. The maximum atomic E-state index is 11.1. The Hall–Kier alpha value is -0.570. The number of hydrogen-bond donors (Lipinski definition) is 1. The zero-order chi connectivity index (χ0) is 11.2. The van der Waals surface area contributed by atoms with Crippen LogP contribution in [0.25, 0.3) is 0 Å². The van der Waals surface area contributed by atoms with E-state index in [1.54, 1.807) is 0 Å². The van der Waals surface area contributed by atoms with E-state index in [2.05, 4.69) is 26.1 Å². The number of carbonyl (C=O) groups excluding carboxylic acids is 1. The van der Waals surface area contributed by atoms with E-state index in [1.165, 1.54) is 0 Å². The lowest BCUT2D eigenvalue weighted by Crippen LogP contribution is -2.29. The molecule has 0 fully saturated rings. The molecule has 0 heterocycles. The van der Waals surface area contributed by atoms with Crippen LogP contribution in [0.1, 0.15) is 41.0 Å².